The van der Waals surface area contributed by atoms with Gasteiger partial charge in [0.2, 0.25) is 0 Å². The average Bonchev–Trinajstić information content (AvgIpc) is 2.84. The molecule has 0 aliphatic heterocycles. The third-order valence-electron chi connectivity index (χ3n) is 5.21. The third-order valence-corrected chi connectivity index (χ3v) is 5.50. The van der Waals surface area contributed by atoms with Gasteiger partial charge >= 0.3 is 5.97 Å². The molecule has 1 aromatic heterocycles. The molecule has 3 rings (SSSR count). The number of carbonyl (C=O) groups excluding carboxylic acids is 2. The Bertz CT molecular complexity index is 1230. The van der Waals surface area contributed by atoms with Crippen molar-refractivity contribution in [2.24, 2.45) is 0 Å². The van der Waals surface area contributed by atoms with Gasteiger partial charge in [0.1, 0.15) is 18.0 Å². The molecular formula is C25H28ClFN4O5. The summed E-state index contributed by atoms with van der Waals surface area (Å²) in [6.07, 6.45) is 4.60. The van der Waals surface area contributed by atoms with E-state index in [0.29, 0.717) is 53.5 Å². The second-order valence-corrected chi connectivity index (χ2v) is 8.37. The lowest BCUT2D eigenvalue weighted by Crippen LogP contribution is -2.31. The van der Waals surface area contributed by atoms with Crippen LogP contribution in [0.15, 0.2) is 36.7 Å². The van der Waals surface area contributed by atoms with E-state index in [-0.39, 0.29) is 10.9 Å². The summed E-state index contributed by atoms with van der Waals surface area (Å²) < 4.78 is 25.0. The van der Waals surface area contributed by atoms with Crippen LogP contribution in [-0.4, -0.2) is 47.2 Å². The fourth-order valence-corrected chi connectivity index (χ4v) is 3.64. The van der Waals surface area contributed by atoms with Crippen molar-refractivity contribution in [3.8, 4) is 11.5 Å². The lowest BCUT2D eigenvalue weighted by molar-refractivity contribution is -0.195. The number of nitrogens with one attached hydrogen (secondary N) is 1. The predicted octanol–water partition coefficient (Wildman–Crippen LogP) is 5.44. The average molecular weight is 519 g/mol. The van der Waals surface area contributed by atoms with Crippen LogP contribution < -0.4 is 14.8 Å². The third kappa shape index (κ3) is 7.42. The van der Waals surface area contributed by atoms with Gasteiger partial charge in [0.15, 0.2) is 11.5 Å². The van der Waals surface area contributed by atoms with E-state index in [4.69, 9.17) is 25.9 Å². The Morgan fingerprint density at radius 3 is 2.53 bits per heavy atom. The highest BCUT2D eigenvalue weighted by Gasteiger charge is 2.14. The lowest BCUT2D eigenvalue weighted by Gasteiger charge is -2.18. The van der Waals surface area contributed by atoms with Crippen LogP contribution in [0.25, 0.3) is 10.9 Å². The van der Waals surface area contributed by atoms with Gasteiger partial charge in [-0.25, -0.2) is 14.4 Å². The van der Waals surface area contributed by atoms with Gasteiger partial charge in [-0.05, 0) is 43.5 Å². The first-order valence-corrected chi connectivity index (χ1v) is 11.8. The monoisotopic (exact) mass is 518 g/mol. The Hall–Kier alpha value is -3.66. The molecule has 1 N–H and O–H groups in total. The van der Waals surface area contributed by atoms with Crippen molar-refractivity contribution < 1.29 is 28.3 Å². The number of aromatic nitrogens is 2. The highest BCUT2D eigenvalue weighted by atomic mass is 35.5. The first-order valence-electron chi connectivity index (χ1n) is 11.4. The molecule has 0 aliphatic carbocycles. The van der Waals surface area contributed by atoms with Crippen molar-refractivity contribution in [2.75, 3.05) is 25.6 Å². The number of hydrogen-bond donors (Lipinski definition) is 1. The molecule has 36 heavy (non-hydrogen) atoms. The zero-order chi connectivity index (χ0) is 26.1. The minimum Gasteiger partial charge on any atom is -0.493 e. The Morgan fingerprint density at radius 1 is 1.06 bits per heavy atom. The van der Waals surface area contributed by atoms with Gasteiger partial charge in [0, 0.05) is 31.0 Å². The largest absolute Gasteiger partial charge is 0.493 e. The van der Waals surface area contributed by atoms with Crippen molar-refractivity contribution in [1.29, 1.82) is 0 Å². The van der Waals surface area contributed by atoms with E-state index in [9.17, 15) is 14.0 Å². The molecule has 3 aromatic rings. The van der Waals surface area contributed by atoms with Crippen LogP contribution in [0.1, 0.15) is 39.5 Å². The highest BCUT2D eigenvalue weighted by Crippen LogP contribution is 2.35. The molecule has 2 aromatic carbocycles. The summed E-state index contributed by atoms with van der Waals surface area (Å²) in [4.78, 5) is 36.1. The summed E-state index contributed by atoms with van der Waals surface area (Å²) in [6, 6.07) is 7.89. The summed E-state index contributed by atoms with van der Waals surface area (Å²) in [5, 5.41) is 4.92. The number of fused-ring (bicyclic) bond motifs is 1. The fourth-order valence-electron chi connectivity index (χ4n) is 3.46. The number of methoxy groups -OCH3 is 1. The van der Waals surface area contributed by atoms with E-state index in [2.05, 4.69) is 15.3 Å². The van der Waals surface area contributed by atoms with Gasteiger partial charge in [-0.3, -0.25) is 9.59 Å². The highest BCUT2D eigenvalue weighted by molar-refractivity contribution is 6.31. The molecule has 11 heteroatoms. The molecule has 0 unspecified atom stereocenters. The second kappa shape index (κ2) is 12.9. The second-order valence-electron chi connectivity index (χ2n) is 7.96. The molecule has 1 amide bonds. The van der Waals surface area contributed by atoms with Crippen molar-refractivity contribution in [1.82, 2.24) is 15.0 Å². The summed E-state index contributed by atoms with van der Waals surface area (Å²) in [5.74, 6) is 0.257. The molecule has 0 spiro atoms. The number of rotatable bonds is 11. The normalized spacial score (nSPS) is 10.7. The van der Waals surface area contributed by atoms with Gasteiger partial charge in [0.25, 0.3) is 5.91 Å². The Balaban J connectivity index is 1.60. The van der Waals surface area contributed by atoms with Crippen LogP contribution in [0.3, 0.4) is 0 Å². The number of nitrogens with zero attached hydrogens (tertiary/aromatic N) is 3. The number of hydrogen-bond acceptors (Lipinski definition) is 8. The van der Waals surface area contributed by atoms with Crippen LogP contribution in [0, 0.1) is 5.82 Å². The minimum absolute atomic E-state index is 0.00410. The molecule has 0 atom stereocenters. The van der Waals surface area contributed by atoms with E-state index < -0.39 is 11.8 Å². The molecule has 0 bridgehead atoms. The maximum Gasteiger partial charge on any atom is 0.329 e. The van der Waals surface area contributed by atoms with Crippen LogP contribution in [0.4, 0.5) is 15.9 Å². The number of benzene rings is 2. The van der Waals surface area contributed by atoms with Crippen molar-refractivity contribution in [3.05, 3.63) is 47.5 Å². The van der Waals surface area contributed by atoms with Crippen molar-refractivity contribution in [2.45, 2.75) is 39.5 Å². The SMILES string of the molecule is COc1cc2ncnc(Nc3ccc(F)c(Cl)c3)c2cc1OCCCCCCN(OC(C)=O)C(C)=O. The quantitative estimate of drug-likeness (QED) is 0.264. The minimum atomic E-state index is -0.520. The van der Waals surface area contributed by atoms with E-state index in [0.717, 1.165) is 24.3 Å². The number of halogens is 2. The molecule has 0 saturated heterocycles. The summed E-state index contributed by atoms with van der Waals surface area (Å²) in [5.41, 5.74) is 1.23. The van der Waals surface area contributed by atoms with Crippen LogP contribution in [-0.2, 0) is 14.4 Å². The van der Waals surface area contributed by atoms with E-state index in [1.54, 1.807) is 25.3 Å². The van der Waals surface area contributed by atoms with Crippen molar-refractivity contribution >= 4 is 45.9 Å². The Labute approximate surface area is 213 Å². The maximum atomic E-state index is 13.5. The summed E-state index contributed by atoms with van der Waals surface area (Å²) in [7, 11) is 1.55. The molecule has 0 fully saturated rings. The number of carbonyl (C=O) groups is 2. The number of anilines is 2. The van der Waals surface area contributed by atoms with E-state index in [1.807, 2.05) is 0 Å². The zero-order valence-electron chi connectivity index (χ0n) is 20.3. The number of hydroxylamine groups is 2. The Morgan fingerprint density at radius 2 is 1.83 bits per heavy atom. The lowest BCUT2D eigenvalue weighted by atomic mass is 10.2. The van der Waals surface area contributed by atoms with Gasteiger partial charge in [-0.1, -0.05) is 18.0 Å². The van der Waals surface area contributed by atoms with E-state index in [1.165, 1.54) is 32.3 Å². The molecule has 0 radical (unpaired) electrons. The first-order chi connectivity index (χ1) is 17.3. The molecule has 0 saturated carbocycles. The summed E-state index contributed by atoms with van der Waals surface area (Å²) >= 11 is 5.89. The van der Waals surface area contributed by atoms with Gasteiger partial charge in [0.05, 0.1) is 30.8 Å². The van der Waals surface area contributed by atoms with Gasteiger partial charge < -0.3 is 19.6 Å². The molecular weight excluding hydrogens is 491 g/mol. The van der Waals surface area contributed by atoms with Crippen LogP contribution in [0.5, 0.6) is 11.5 Å². The van der Waals surface area contributed by atoms with Gasteiger partial charge in [-0.15, -0.1) is 0 Å². The smallest absolute Gasteiger partial charge is 0.329 e. The van der Waals surface area contributed by atoms with Crippen LogP contribution in [0.2, 0.25) is 5.02 Å². The number of amides is 1. The molecule has 192 valence electrons. The Kier molecular flexibility index (Phi) is 9.63. The first kappa shape index (κ1) is 26.9. The van der Waals surface area contributed by atoms with Crippen LogP contribution >= 0.6 is 11.6 Å². The topological polar surface area (TPSA) is 103 Å². The molecule has 9 nitrogen and oxygen atoms in total. The zero-order valence-corrected chi connectivity index (χ0v) is 21.1. The fraction of sp³-hybridized carbons (Fsp3) is 0.360. The predicted molar refractivity (Wildman–Crippen MR) is 134 cm³/mol. The molecule has 0 aliphatic rings. The number of ether oxygens (including phenoxy) is 2. The van der Waals surface area contributed by atoms with E-state index >= 15 is 0 Å². The maximum absolute atomic E-state index is 13.5. The standard InChI is InChI=1S/C25H28ClFN4O5/c1-16(32)31(36-17(2)33)10-6-4-5-7-11-35-24-13-19-22(14-23(24)34-3)28-15-29-25(19)30-18-8-9-21(27)20(26)12-18/h8-9,12-15H,4-7,10-11H2,1-3H3,(H,28,29,30). The van der Waals surface area contributed by atoms with Gasteiger partial charge in [-0.2, -0.15) is 5.06 Å². The molecule has 1 heterocycles. The summed E-state index contributed by atoms with van der Waals surface area (Å²) in [6.45, 7) is 3.42. The van der Waals surface area contributed by atoms with Crippen molar-refractivity contribution in [3.63, 3.8) is 0 Å². The number of unbranched alkanes of at least 4 members (excludes halogenated alkanes) is 3.